The lowest BCUT2D eigenvalue weighted by Gasteiger charge is -1.97. The number of nitrogens with two attached hydrogens (primary N) is 1. The molecule has 1 aromatic heterocycles. The predicted molar refractivity (Wildman–Crippen MR) is 47.0 cm³/mol. The smallest absolute Gasteiger partial charge is 0.213 e. The third-order valence-corrected chi connectivity index (χ3v) is 1.80. The van der Waals surface area contributed by atoms with Crippen molar-refractivity contribution in [1.29, 1.82) is 0 Å². The van der Waals surface area contributed by atoms with Gasteiger partial charge in [0.05, 0.1) is 0 Å². The van der Waals surface area contributed by atoms with Crippen LogP contribution in [-0.2, 0) is 6.54 Å². The first-order valence-electron chi connectivity index (χ1n) is 2.75. The van der Waals surface area contributed by atoms with Gasteiger partial charge in [-0.1, -0.05) is 6.07 Å². The molecule has 11 heavy (non-hydrogen) atoms. The zero-order valence-corrected chi connectivity index (χ0v) is 7.95. The second-order valence-corrected chi connectivity index (χ2v) is 2.54. The van der Waals surface area contributed by atoms with Gasteiger partial charge in [-0.05, 0) is 27.6 Å². The number of halogens is 3. The summed E-state index contributed by atoms with van der Waals surface area (Å²) in [7, 11) is 0. The van der Waals surface area contributed by atoms with E-state index in [1.807, 2.05) is 0 Å². The van der Waals surface area contributed by atoms with Crippen molar-refractivity contribution in [2.24, 2.45) is 5.73 Å². The quantitative estimate of drug-likeness (QED) is 0.762. The Bertz CT molecular complexity index is 244. The summed E-state index contributed by atoms with van der Waals surface area (Å²) in [6.07, 6.45) is 0. The minimum Gasteiger partial charge on any atom is -0.326 e. The Labute approximate surface area is 78.5 Å². The third-order valence-electron chi connectivity index (χ3n) is 1.11. The summed E-state index contributed by atoms with van der Waals surface area (Å²) in [5.74, 6) is -0.496. The Balaban J connectivity index is 0.000001000. The van der Waals surface area contributed by atoms with Crippen LogP contribution in [0.1, 0.15) is 5.56 Å². The summed E-state index contributed by atoms with van der Waals surface area (Å²) in [6, 6.07) is 2.89. The molecule has 0 aliphatic heterocycles. The number of hydrogen-bond acceptors (Lipinski definition) is 2. The van der Waals surface area contributed by atoms with Gasteiger partial charge in [0.1, 0.15) is 4.60 Å². The van der Waals surface area contributed by atoms with E-state index in [-0.39, 0.29) is 12.4 Å². The highest BCUT2D eigenvalue weighted by molar-refractivity contribution is 9.10. The molecule has 0 spiro atoms. The fourth-order valence-electron chi connectivity index (χ4n) is 0.593. The van der Waals surface area contributed by atoms with Gasteiger partial charge in [0.2, 0.25) is 5.95 Å². The van der Waals surface area contributed by atoms with E-state index in [1.165, 1.54) is 6.07 Å². The molecule has 2 nitrogen and oxygen atoms in total. The third kappa shape index (κ3) is 2.73. The summed E-state index contributed by atoms with van der Waals surface area (Å²) >= 11 is 3.08. The fraction of sp³-hybridized carbons (Fsp3) is 0.167. The Kier molecular flexibility index (Phi) is 4.56. The Morgan fingerprint density at radius 2 is 2.18 bits per heavy atom. The van der Waals surface area contributed by atoms with Crippen LogP contribution in [0, 0.1) is 5.95 Å². The van der Waals surface area contributed by atoms with Gasteiger partial charge in [-0.3, -0.25) is 0 Å². The average Bonchev–Trinajstić information content (AvgIpc) is 1.88. The molecule has 1 heterocycles. The summed E-state index contributed by atoms with van der Waals surface area (Å²) < 4.78 is 12.8. The van der Waals surface area contributed by atoms with E-state index in [0.717, 1.165) is 5.56 Å². The molecule has 0 bridgehead atoms. The molecule has 0 fully saturated rings. The molecule has 0 radical (unpaired) electrons. The molecule has 0 amide bonds. The van der Waals surface area contributed by atoms with Gasteiger partial charge < -0.3 is 5.73 Å². The van der Waals surface area contributed by atoms with Crippen LogP contribution >= 0.6 is 28.3 Å². The summed E-state index contributed by atoms with van der Waals surface area (Å²) in [4.78, 5) is 3.51. The Hall–Kier alpha value is -0.190. The van der Waals surface area contributed by atoms with Crippen LogP contribution in [0.2, 0.25) is 0 Å². The Morgan fingerprint density at radius 3 is 2.64 bits per heavy atom. The number of pyridine rings is 1. The molecule has 62 valence electrons. The minimum atomic E-state index is -0.496. The Morgan fingerprint density at radius 1 is 1.55 bits per heavy atom. The molecule has 1 rings (SSSR count). The summed E-state index contributed by atoms with van der Waals surface area (Å²) in [6.45, 7) is 0.369. The highest BCUT2D eigenvalue weighted by Gasteiger charge is 1.99. The summed E-state index contributed by atoms with van der Waals surface area (Å²) in [5.41, 5.74) is 6.12. The summed E-state index contributed by atoms with van der Waals surface area (Å²) in [5, 5.41) is 0. The number of hydrogen-bond donors (Lipinski definition) is 1. The number of nitrogens with zero attached hydrogens (tertiary/aromatic N) is 1. The van der Waals surface area contributed by atoms with Crippen LogP contribution in [0.4, 0.5) is 4.39 Å². The van der Waals surface area contributed by atoms with E-state index < -0.39 is 5.95 Å². The maximum Gasteiger partial charge on any atom is 0.213 e. The molecular formula is C6H7BrClFN2. The molecule has 0 atom stereocenters. The molecular weight excluding hydrogens is 234 g/mol. The van der Waals surface area contributed by atoms with E-state index in [1.54, 1.807) is 6.07 Å². The van der Waals surface area contributed by atoms with Gasteiger partial charge in [0, 0.05) is 6.54 Å². The van der Waals surface area contributed by atoms with Gasteiger partial charge >= 0.3 is 0 Å². The molecule has 0 saturated carbocycles. The van der Waals surface area contributed by atoms with Crippen molar-refractivity contribution < 1.29 is 4.39 Å². The molecule has 0 aliphatic carbocycles. The molecule has 0 unspecified atom stereocenters. The van der Waals surface area contributed by atoms with Gasteiger partial charge in [-0.2, -0.15) is 4.39 Å². The first-order chi connectivity index (χ1) is 4.74. The molecule has 0 aliphatic rings. The molecule has 0 aromatic carbocycles. The highest BCUT2D eigenvalue weighted by Crippen LogP contribution is 2.12. The average molecular weight is 241 g/mol. The number of rotatable bonds is 1. The van der Waals surface area contributed by atoms with E-state index >= 15 is 0 Å². The van der Waals surface area contributed by atoms with E-state index in [9.17, 15) is 4.39 Å². The van der Waals surface area contributed by atoms with Crippen molar-refractivity contribution in [3.05, 3.63) is 28.2 Å². The van der Waals surface area contributed by atoms with Crippen molar-refractivity contribution in [3.63, 3.8) is 0 Å². The van der Waals surface area contributed by atoms with Crippen LogP contribution in [0.15, 0.2) is 16.7 Å². The van der Waals surface area contributed by atoms with Crippen LogP contribution < -0.4 is 5.73 Å². The zero-order valence-electron chi connectivity index (χ0n) is 5.55. The predicted octanol–water partition coefficient (Wildman–Crippen LogP) is 1.86. The molecule has 5 heteroatoms. The fourth-order valence-corrected chi connectivity index (χ4v) is 1.06. The maximum atomic E-state index is 12.3. The van der Waals surface area contributed by atoms with Crippen molar-refractivity contribution in [2.45, 2.75) is 6.54 Å². The minimum absolute atomic E-state index is 0. The van der Waals surface area contributed by atoms with E-state index in [2.05, 4.69) is 20.9 Å². The lowest BCUT2D eigenvalue weighted by Crippen LogP contribution is -1.99. The van der Waals surface area contributed by atoms with Gasteiger partial charge in [0.25, 0.3) is 0 Å². The molecule has 0 saturated heterocycles. The van der Waals surface area contributed by atoms with E-state index in [0.29, 0.717) is 11.1 Å². The largest absolute Gasteiger partial charge is 0.326 e. The van der Waals surface area contributed by atoms with Gasteiger partial charge in [-0.25, -0.2) is 4.98 Å². The van der Waals surface area contributed by atoms with Gasteiger partial charge in [-0.15, -0.1) is 12.4 Å². The van der Waals surface area contributed by atoms with Crippen LogP contribution in [-0.4, -0.2) is 4.98 Å². The van der Waals surface area contributed by atoms with Crippen LogP contribution in [0.3, 0.4) is 0 Å². The first-order valence-corrected chi connectivity index (χ1v) is 3.54. The molecule has 1 aromatic rings. The SMILES string of the molecule is Cl.NCc1ccc(F)nc1Br. The first kappa shape index (κ1) is 10.8. The van der Waals surface area contributed by atoms with Crippen LogP contribution in [0.25, 0.3) is 0 Å². The monoisotopic (exact) mass is 240 g/mol. The van der Waals surface area contributed by atoms with Crippen molar-refractivity contribution in [1.82, 2.24) is 4.98 Å². The normalized spacial score (nSPS) is 9.00. The highest BCUT2D eigenvalue weighted by atomic mass is 79.9. The molecule has 2 N–H and O–H groups in total. The van der Waals surface area contributed by atoms with E-state index in [4.69, 9.17) is 5.73 Å². The van der Waals surface area contributed by atoms with Crippen molar-refractivity contribution in [2.75, 3.05) is 0 Å². The maximum absolute atomic E-state index is 12.3. The van der Waals surface area contributed by atoms with Crippen molar-refractivity contribution >= 4 is 28.3 Å². The van der Waals surface area contributed by atoms with Crippen LogP contribution in [0.5, 0.6) is 0 Å². The lowest BCUT2D eigenvalue weighted by atomic mass is 10.3. The topological polar surface area (TPSA) is 38.9 Å². The zero-order chi connectivity index (χ0) is 7.56. The lowest BCUT2D eigenvalue weighted by molar-refractivity contribution is 0.579. The standard InChI is InChI=1S/C6H6BrFN2.ClH/c7-6-4(3-9)1-2-5(8)10-6;/h1-2H,3,9H2;1H. The number of aromatic nitrogens is 1. The second kappa shape index (κ2) is 4.64. The second-order valence-electron chi connectivity index (χ2n) is 1.79. The van der Waals surface area contributed by atoms with Gasteiger partial charge in [0.15, 0.2) is 0 Å². The van der Waals surface area contributed by atoms with Crippen molar-refractivity contribution in [3.8, 4) is 0 Å².